The maximum atomic E-state index is 12.2. The number of para-hydroxylation sites is 3. The van der Waals surface area contributed by atoms with Gasteiger partial charge in [-0.1, -0.05) is 54.1 Å². The van der Waals surface area contributed by atoms with Gasteiger partial charge in [-0.3, -0.25) is 9.59 Å². The summed E-state index contributed by atoms with van der Waals surface area (Å²) < 4.78 is 11.3. The average molecular weight is 452 g/mol. The summed E-state index contributed by atoms with van der Waals surface area (Å²) in [5.74, 6) is -0.746. The summed E-state index contributed by atoms with van der Waals surface area (Å²) in [4.78, 5) is 24.3. The molecule has 8 heteroatoms. The van der Waals surface area contributed by atoms with Gasteiger partial charge in [-0.25, -0.2) is 5.43 Å². The predicted octanol–water partition coefficient (Wildman–Crippen LogP) is 4.41. The van der Waals surface area contributed by atoms with Crippen molar-refractivity contribution in [2.24, 2.45) is 5.10 Å². The van der Waals surface area contributed by atoms with Crippen LogP contribution in [0.25, 0.3) is 0 Å². The monoisotopic (exact) mass is 451 g/mol. The van der Waals surface area contributed by atoms with Crippen LogP contribution in [0, 0.1) is 0 Å². The quantitative estimate of drug-likeness (QED) is 0.301. The van der Waals surface area contributed by atoms with Gasteiger partial charge < -0.3 is 14.8 Å². The molecule has 7 nitrogen and oxygen atoms in total. The lowest BCUT2D eigenvalue weighted by Crippen LogP contribution is -2.32. The number of benzene rings is 3. The molecule has 0 fully saturated rings. The van der Waals surface area contributed by atoms with Crippen molar-refractivity contribution in [3.05, 3.63) is 88.9 Å². The number of anilines is 1. The first-order valence-electron chi connectivity index (χ1n) is 9.90. The van der Waals surface area contributed by atoms with Crippen molar-refractivity contribution >= 4 is 35.3 Å². The molecule has 3 aromatic rings. The van der Waals surface area contributed by atoms with Gasteiger partial charge >= 0.3 is 11.8 Å². The normalized spacial score (nSPS) is 10.6. The Bertz CT molecular complexity index is 1120. The Kier molecular flexibility index (Phi) is 8.22. The maximum absolute atomic E-state index is 12.2. The lowest BCUT2D eigenvalue weighted by Gasteiger charge is -2.10. The minimum atomic E-state index is -0.915. The number of carbonyl (C=O) groups excluding carboxylic acids is 2. The number of ether oxygens (including phenoxy) is 2. The highest BCUT2D eigenvalue weighted by molar-refractivity contribution is 6.39. The molecule has 2 N–H and O–H groups in total. The second-order valence-electron chi connectivity index (χ2n) is 6.50. The van der Waals surface area contributed by atoms with Gasteiger partial charge in [0.2, 0.25) is 0 Å². The highest BCUT2D eigenvalue weighted by Gasteiger charge is 2.15. The van der Waals surface area contributed by atoms with Gasteiger partial charge in [0, 0.05) is 16.1 Å². The Morgan fingerprint density at radius 1 is 0.906 bits per heavy atom. The highest BCUT2D eigenvalue weighted by Crippen LogP contribution is 2.23. The smallest absolute Gasteiger partial charge is 0.329 e. The number of halogens is 1. The molecule has 0 bridgehead atoms. The first kappa shape index (κ1) is 22.8. The van der Waals surface area contributed by atoms with Crippen LogP contribution >= 0.6 is 11.6 Å². The topological polar surface area (TPSA) is 89.0 Å². The summed E-state index contributed by atoms with van der Waals surface area (Å²) in [5.41, 5.74) is 4.09. The molecule has 0 aliphatic heterocycles. The van der Waals surface area contributed by atoms with E-state index in [1.54, 1.807) is 42.5 Å². The van der Waals surface area contributed by atoms with Gasteiger partial charge in [0.15, 0.2) is 0 Å². The Hall–Kier alpha value is -3.84. The van der Waals surface area contributed by atoms with E-state index in [0.29, 0.717) is 34.4 Å². The van der Waals surface area contributed by atoms with E-state index in [-0.39, 0.29) is 6.61 Å². The van der Waals surface area contributed by atoms with Gasteiger partial charge in [0.1, 0.15) is 18.1 Å². The van der Waals surface area contributed by atoms with Crippen molar-refractivity contribution < 1.29 is 19.1 Å². The summed E-state index contributed by atoms with van der Waals surface area (Å²) >= 11 is 6.16. The lowest BCUT2D eigenvalue weighted by atomic mass is 10.2. The van der Waals surface area contributed by atoms with Gasteiger partial charge in [-0.15, -0.1) is 0 Å². The van der Waals surface area contributed by atoms with Crippen LogP contribution < -0.4 is 20.2 Å². The minimum absolute atomic E-state index is 0.276. The second kappa shape index (κ2) is 11.5. The van der Waals surface area contributed by atoms with Crippen molar-refractivity contribution in [3.8, 4) is 11.5 Å². The van der Waals surface area contributed by atoms with Crippen LogP contribution in [0.4, 0.5) is 5.69 Å². The molecule has 0 radical (unpaired) electrons. The fraction of sp³-hybridized carbons (Fsp3) is 0.125. The number of rotatable bonds is 8. The third kappa shape index (κ3) is 6.33. The fourth-order valence-corrected chi connectivity index (χ4v) is 2.92. The van der Waals surface area contributed by atoms with Crippen LogP contribution in [-0.2, 0) is 16.2 Å². The number of nitrogens with zero attached hydrogens (tertiary/aromatic N) is 1. The molecule has 32 heavy (non-hydrogen) atoms. The summed E-state index contributed by atoms with van der Waals surface area (Å²) in [6, 6.07) is 21.4. The number of hydrogen-bond donors (Lipinski definition) is 2. The zero-order valence-electron chi connectivity index (χ0n) is 17.4. The molecule has 0 saturated heterocycles. The van der Waals surface area contributed by atoms with E-state index >= 15 is 0 Å². The SMILES string of the molecule is CCOc1ccccc1NC(=O)C(=O)N/N=C/c1ccccc1OCc1ccccc1Cl. The molecule has 0 aromatic heterocycles. The van der Waals surface area contributed by atoms with Gasteiger partial charge in [0.05, 0.1) is 18.5 Å². The molecular formula is C24H22ClN3O4. The predicted molar refractivity (Wildman–Crippen MR) is 124 cm³/mol. The summed E-state index contributed by atoms with van der Waals surface area (Å²) in [6.45, 7) is 2.54. The third-order valence-electron chi connectivity index (χ3n) is 4.27. The molecule has 3 rings (SSSR count). The summed E-state index contributed by atoms with van der Waals surface area (Å²) in [5, 5.41) is 7.00. The second-order valence-corrected chi connectivity index (χ2v) is 6.91. The molecule has 0 unspecified atom stereocenters. The van der Waals surface area contributed by atoms with E-state index < -0.39 is 11.8 Å². The number of hydrogen-bond acceptors (Lipinski definition) is 5. The number of nitrogens with one attached hydrogen (secondary N) is 2. The van der Waals surface area contributed by atoms with Crippen LogP contribution in [0.2, 0.25) is 5.02 Å². The van der Waals surface area contributed by atoms with Crippen LogP contribution in [-0.4, -0.2) is 24.6 Å². The first-order valence-corrected chi connectivity index (χ1v) is 10.3. The molecule has 3 aromatic carbocycles. The molecule has 0 aliphatic rings. The Morgan fingerprint density at radius 3 is 2.38 bits per heavy atom. The molecule has 0 atom stereocenters. The van der Waals surface area contributed by atoms with E-state index in [0.717, 1.165) is 5.56 Å². The minimum Gasteiger partial charge on any atom is -0.492 e. The highest BCUT2D eigenvalue weighted by atomic mass is 35.5. The lowest BCUT2D eigenvalue weighted by molar-refractivity contribution is -0.136. The standard InChI is InChI=1S/C24H22ClN3O4/c1-2-31-22-14-8-6-12-20(22)27-23(29)24(30)28-26-15-17-9-4-7-13-21(17)32-16-18-10-3-5-11-19(18)25/h3-15H,2,16H2,1H3,(H,27,29)(H,28,30)/b26-15+. The summed E-state index contributed by atoms with van der Waals surface area (Å²) in [7, 11) is 0. The van der Waals surface area contributed by atoms with Crippen LogP contribution in [0.3, 0.4) is 0 Å². The van der Waals surface area contributed by atoms with Crippen LogP contribution in [0.1, 0.15) is 18.1 Å². The number of hydrazone groups is 1. The third-order valence-corrected chi connectivity index (χ3v) is 4.64. The number of carbonyl (C=O) groups is 2. The fourth-order valence-electron chi connectivity index (χ4n) is 2.73. The zero-order chi connectivity index (χ0) is 22.8. The molecule has 2 amide bonds. The molecular weight excluding hydrogens is 430 g/mol. The Labute approximate surface area is 191 Å². The average Bonchev–Trinajstić information content (AvgIpc) is 2.80. The number of amides is 2. The molecule has 0 heterocycles. The maximum Gasteiger partial charge on any atom is 0.329 e. The van der Waals surface area contributed by atoms with E-state index in [2.05, 4.69) is 15.8 Å². The molecule has 164 valence electrons. The molecule has 0 spiro atoms. The van der Waals surface area contributed by atoms with Gasteiger partial charge in [-0.05, 0) is 37.3 Å². The zero-order valence-corrected chi connectivity index (χ0v) is 18.1. The summed E-state index contributed by atoms with van der Waals surface area (Å²) in [6.07, 6.45) is 1.40. The van der Waals surface area contributed by atoms with Crippen LogP contribution in [0.15, 0.2) is 77.9 Å². The van der Waals surface area contributed by atoms with Crippen molar-refractivity contribution in [2.45, 2.75) is 13.5 Å². The largest absolute Gasteiger partial charge is 0.492 e. The van der Waals surface area contributed by atoms with Crippen molar-refractivity contribution in [3.63, 3.8) is 0 Å². The van der Waals surface area contributed by atoms with Crippen molar-refractivity contribution in [1.82, 2.24) is 5.43 Å². The van der Waals surface area contributed by atoms with Crippen LogP contribution in [0.5, 0.6) is 11.5 Å². The first-order chi connectivity index (χ1) is 15.6. The van der Waals surface area contributed by atoms with Crippen molar-refractivity contribution in [2.75, 3.05) is 11.9 Å². The van der Waals surface area contributed by atoms with Crippen molar-refractivity contribution in [1.29, 1.82) is 0 Å². The molecule has 0 aliphatic carbocycles. The van der Waals surface area contributed by atoms with Gasteiger partial charge in [-0.2, -0.15) is 5.10 Å². The van der Waals surface area contributed by atoms with E-state index in [9.17, 15) is 9.59 Å². The van der Waals surface area contributed by atoms with E-state index in [1.165, 1.54) is 6.21 Å². The van der Waals surface area contributed by atoms with Gasteiger partial charge in [0.25, 0.3) is 0 Å². The van der Waals surface area contributed by atoms with E-state index in [1.807, 2.05) is 37.3 Å². The molecule has 0 saturated carbocycles. The van der Waals surface area contributed by atoms with E-state index in [4.69, 9.17) is 21.1 Å². The Balaban J connectivity index is 1.59. The Morgan fingerprint density at radius 2 is 1.59 bits per heavy atom.